The number of esters is 1. The van der Waals surface area contributed by atoms with Crippen molar-refractivity contribution in [2.45, 2.75) is 18.9 Å². The molecule has 6 nitrogen and oxygen atoms in total. The molecule has 1 fully saturated rings. The van der Waals surface area contributed by atoms with Crippen LogP contribution in [0.5, 0.6) is 0 Å². The Morgan fingerprint density at radius 3 is 2.75 bits per heavy atom. The number of hydrogen-bond donors (Lipinski definition) is 2. The van der Waals surface area contributed by atoms with Crippen LogP contribution in [0.25, 0.3) is 0 Å². The Kier molecular flexibility index (Phi) is 6.83. The van der Waals surface area contributed by atoms with Crippen molar-refractivity contribution in [1.82, 2.24) is 10.2 Å². The van der Waals surface area contributed by atoms with Gasteiger partial charge in [-0.05, 0) is 6.42 Å². The molecule has 1 atom stereocenters. The Hall–Kier alpha value is -1.01. The maximum absolute atomic E-state index is 11.5. The first-order chi connectivity index (χ1) is 7.13. The average molecular weight is 252 g/mol. The molecule has 0 radical (unpaired) electrons. The van der Waals surface area contributed by atoms with Crippen molar-refractivity contribution in [1.29, 1.82) is 0 Å². The lowest BCUT2D eigenvalue weighted by Gasteiger charge is -2.16. The number of rotatable bonds is 3. The highest BCUT2D eigenvalue weighted by molar-refractivity contribution is 5.85. The van der Waals surface area contributed by atoms with Crippen LogP contribution >= 0.6 is 12.4 Å². The second kappa shape index (κ2) is 7.29. The van der Waals surface area contributed by atoms with E-state index in [-0.39, 0.29) is 36.9 Å². The number of halogens is 1. The number of likely N-dealkylation sites (tertiary alicyclic amines) is 1. The summed E-state index contributed by atoms with van der Waals surface area (Å²) in [7, 11) is 1.32. The van der Waals surface area contributed by atoms with Crippen molar-refractivity contribution in [2.75, 3.05) is 26.7 Å². The summed E-state index contributed by atoms with van der Waals surface area (Å²) in [5.41, 5.74) is 5.67. The Morgan fingerprint density at radius 2 is 2.25 bits per heavy atom. The van der Waals surface area contributed by atoms with Crippen LogP contribution in [0.4, 0.5) is 4.79 Å². The molecule has 1 heterocycles. The number of ether oxygens (including phenoxy) is 1. The van der Waals surface area contributed by atoms with Gasteiger partial charge in [0.2, 0.25) is 0 Å². The summed E-state index contributed by atoms with van der Waals surface area (Å²) in [6.07, 6.45) is 1.03. The predicted octanol–water partition coefficient (Wildman–Crippen LogP) is -0.286. The van der Waals surface area contributed by atoms with Crippen LogP contribution in [0.1, 0.15) is 12.8 Å². The summed E-state index contributed by atoms with van der Waals surface area (Å²) in [6, 6.07) is -0.0804. The molecule has 1 rings (SSSR count). The zero-order chi connectivity index (χ0) is 11.3. The minimum absolute atomic E-state index is 0. The highest BCUT2D eigenvalue weighted by Crippen LogP contribution is 2.06. The molecule has 0 aromatic carbocycles. The van der Waals surface area contributed by atoms with Gasteiger partial charge < -0.3 is 20.7 Å². The van der Waals surface area contributed by atoms with Gasteiger partial charge in [-0.25, -0.2) is 4.79 Å². The van der Waals surface area contributed by atoms with Crippen LogP contribution in [0, 0.1) is 0 Å². The van der Waals surface area contributed by atoms with Gasteiger partial charge in [0.1, 0.15) is 0 Å². The third-order valence-electron chi connectivity index (χ3n) is 2.34. The summed E-state index contributed by atoms with van der Waals surface area (Å²) in [4.78, 5) is 23.9. The lowest BCUT2D eigenvalue weighted by molar-refractivity contribution is -0.140. The zero-order valence-corrected chi connectivity index (χ0v) is 10.1. The number of methoxy groups -OCH3 is 1. The normalized spacial score (nSPS) is 18.9. The first-order valence-corrected chi connectivity index (χ1v) is 4.98. The van der Waals surface area contributed by atoms with Crippen LogP contribution in [-0.2, 0) is 9.53 Å². The van der Waals surface area contributed by atoms with E-state index in [2.05, 4.69) is 10.1 Å². The van der Waals surface area contributed by atoms with Gasteiger partial charge in [0.15, 0.2) is 0 Å². The SMILES string of the molecule is COC(=O)CCNC(=O)N1CC[C@H](N)C1.Cl. The molecule has 0 aliphatic carbocycles. The molecule has 2 amide bonds. The molecule has 0 saturated carbocycles. The molecule has 0 aromatic heterocycles. The van der Waals surface area contributed by atoms with Crippen molar-refractivity contribution in [2.24, 2.45) is 5.73 Å². The molecule has 1 aliphatic rings. The first kappa shape index (κ1) is 15.0. The van der Waals surface area contributed by atoms with Crippen molar-refractivity contribution in [3.05, 3.63) is 0 Å². The number of hydrogen-bond acceptors (Lipinski definition) is 4. The van der Waals surface area contributed by atoms with E-state index in [0.717, 1.165) is 6.42 Å². The molecule has 94 valence electrons. The summed E-state index contributed by atoms with van der Waals surface area (Å²) < 4.78 is 4.45. The number of urea groups is 1. The van der Waals surface area contributed by atoms with Gasteiger partial charge in [-0.3, -0.25) is 4.79 Å². The molecule has 0 bridgehead atoms. The van der Waals surface area contributed by atoms with Crippen LogP contribution < -0.4 is 11.1 Å². The Balaban J connectivity index is 0.00000225. The van der Waals surface area contributed by atoms with E-state index in [4.69, 9.17) is 5.73 Å². The maximum atomic E-state index is 11.5. The maximum Gasteiger partial charge on any atom is 0.317 e. The first-order valence-electron chi connectivity index (χ1n) is 4.98. The highest BCUT2D eigenvalue weighted by atomic mass is 35.5. The number of nitrogens with one attached hydrogen (secondary N) is 1. The predicted molar refractivity (Wildman–Crippen MR) is 61.4 cm³/mol. The van der Waals surface area contributed by atoms with Gasteiger partial charge in [-0.15, -0.1) is 12.4 Å². The number of amides is 2. The lowest BCUT2D eigenvalue weighted by atomic mass is 10.3. The molecule has 7 heteroatoms. The largest absolute Gasteiger partial charge is 0.469 e. The molecule has 0 spiro atoms. The van der Waals surface area contributed by atoms with Gasteiger partial charge in [0, 0.05) is 25.7 Å². The highest BCUT2D eigenvalue weighted by Gasteiger charge is 2.23. The Morgan fingerprint density at radius 1 is 1.56 bits per heavy atom. The summed E-state index contributed by atoms with van der Waals surface area (Å²) in [6.45, 7) is 1.58. The average Bonchev–Trinajstić information content (AvgIpc) is 2.64. The molecule has 0 aromatic rings. The van der Waals surface area contributed by atoms with Crippen LogP contribution in [-0.4, -0.2) is 49.7 Å². The van der Waals surface area contributed by atoms with Gasteiger partial charge in [-0.1, -0.05) is 0 Å². The van der Waals surface area contributed by atoms with E-state index in [1.807, 2.05) is 0 Å². The number of nitrogens with two attached hydrogens (primary N) is 1. The fourth-order valence-electron chi connectivity index (χ4n) is 1.46. The topological polar surface area (TPSA) is 84.7 Å². The van der Waals surface area contributed by atoms with Crippen LogP contribution in [0.2, 0.25) is 0 Å². The summed E-state index contributed by atoms with van der Waals surface area (Å²) in [5.74, 6) is -0.326. The quantitative estimate of drug-likeness (QED) is 0.676. The van der Waals surface area contributed by atoms with E-state index < -0.39 is 0 Å². The molecule has 3 N–H and O–H groups in total. The number of carbonyl (C=O) groups excluding carboxylic acids is 2. The molecule has 0 unspecified atom stereocenters. The van der Waals surface area contributed by atoms with E-state index >= 15 is 0 Å². The zero-order valence-electron chi connectivity index (χ0n) is 9.27. The van der Waals surface area contributed by atoms with E-state index in [1.165, 1.54) is 7.11 Å². The van der Waals surface area contributed by atoms with Crippen LogP contribution in [0.3, 0.4) is 0 Å². The fourth-order valence-corrected chi connectivity index (χ4v) is 1.46. The molecular weight excluding hydrogens is 234 g/mol. The van der Waals surface area contributed by atoms with Gasteiger partial charge >= 0.3 is 12.0 Å². The van der Waals surface area contributed by atoms with Crippen molar-refractivity contribution in [3.8, 4) is 0 Å². The third-order valence-corrected chi connectivity index (χ3v) is 2.34. The van der Waals surface area contributed by atoms with Crippen molar-refractivity contribution < 1.29 is 14.3 Å². The number of carbonyl (C=O) groups is 2. The van der Waals surface area contributed by atoms with Gasteiger partial charge in [0.05, 0.1) is 13.5 Å². The van der Waals surface area contributed by atoms with E-state index in [0.29, 0.717) is 19.6 Å². The van der Waals surface area contributed by atoms with E-state index in [1.54, 1.807) is 4.90 Å². The lowest BCUT2D eigenvalue weighted by Crippen LogP contribution is -2.40. The molecule has 1 saturated heterocycles. The summed E-state index contributed by atoms with van der Waals surface area (Å²) >= 11 is 0. The second-order valence-electron chi connectivity index (χ2n) is 3.55. The van der Waals surface area contributed by atoms with Crippen molar-refractivity contribution >= 4 is 24.4 Å². The minimum atomic E-state index is -0.326. The molecular formula is C9H18ClN3O3. The van der Waals surface area contributed by atoms with Gasteiger partial charge in [-0.2, -0.15) is 0 Å². The monoisotopic (exact) mass is 251 g/mol. The fraction of sp³-hybridized carbons (Fsp3) is 0.778. The molecule has 1 aliphatic heterocycles. The summed E-state index contributed by atoms with van der Waals surface area (Å²) in [5, 5.41) is 2.64. The molecule has 16 heavy (non-hydrogen) atoms. The third kappa shape index (κ3) is 4.67. The smallest absolute Gasteiger partial charge is 0.317 e. The van der Waals surface area contributed by atoms with Crippen molar-refractivity contribution in [3.63, 3.8) is 0 Å². The standard InChI is InChI=1S/C9H17N3O3.ClH/c1-15-8(13)2-4-11-9(14)12-5-3-7(10)6-12;/h7H,2-6,10H2,1H3,(H,11,14);1H/t7-;/m0./s1. The van der Waals surface area contributed by atoms with E-state index in [9.17, 15) is 9.59 Å². The van der Waals surface area contributed by atoms with Crippen LogP contribution in [0.15, 0.2) is 0 Å². The minimum Gasteiger partial charge on any atom is -0.469 e. The Labute approximate surface area is 101 Å². The number of nitrogens with zero attached hydrogens (tertiary/aromatic N) is 1. The van der Waals surface area contributed by atoms with Gasteiger partial charge in [0.25, 0.3) is 0 Å². The second-order valence-corrected chi connectivity index (χ2v) is 3.55. The Bertz CT molecular complexity index is 250.